The van der Waals surface area contributed by atoms with E-state index in [1.54, 1.807) is 19.4 Å². The van der Waals surface area contributed by atoms with Gasteiger partial charge in [0.15, 0.2) is 0 Å². The van der Waals surface area contributed by atoms with Gasteiger partial charge in [-0.3, -0.25) is 4.40 Å². The van der Waals surface area contributed by atoms with Crippen molar-refractivity contribution in [3.63, 3.8) is 0 Å². The second-order valence-electron chi connectivity index (χ2n) is 3.80. The molecule has 2 aromatic heterocycles. The first-order chi connectivity index (χ1) is 8.08. The number of carboxylic acids is 1. The smallest absolute Gasteiger partial charge is 0.543 e. The Morgan fingerprint density at radius 3 is 2.72 bits per heavy atom. The fraction of sp³-hybridized carbons (Fsp3) is 0.333. The van der Waals surface area contributed by atoms with Crippen LogP contribution in [-0.2, 0) is 6.42 Å². The van der Waals surface area contributed by atoms with E-state index in [4.69, 9.17) is 4.74 Å². The Morgan fingerprint density at radius 1 is 1.56 bits per heavy atom. The molecule has 0 radical (unpaired) electrons. The van der Waals surface area contributed by atoms with Crippen LogP contribution in [0.3, 0.4) is 0 Å². The first-order valence-corrected chi connectivity index (χ1v) is 5.35. The Labute approximate surface area is 127 Å². The van der Waals surface area contributed by atoms with Gasteiger partial charge in [-0.1, -0.05) is 6.92 Å². The first kappa shape index (κ1) is 15.0. The SMILES string of the molecule is CCc1nc2cc(OC)c(C)cn2c1C(=O)[O-].[Na+]. The van der Waals surface area contributed by atoms with Crippen molar-refractivity contribution < 1.29 is 44.2 Å². The number of aryl methyl sites for hydroxylation is 2. The number of carbonyl (C=O) groups excluding carboxylic acids is 1. The average Bonchev–Trinajstić information content (AvgIpc) is 2.65. The number of hydrogen-bond donors (Lipinski definition) is 0. The maximum atomic E-state index is 11.1. The van der Waals surface area contributed by atoms with Gasteiger partial charge in [0.25, 0.3) is 0 Å². The maximum absolute atomic E-state index is 11.1. The summed E-state index contributed by atoms with van der Waals surface area (Å²) in [6, 6.07) is 1.72. The van der Waals surface area contributed by atoms with E-state index < -0.39 is 5.97 Å². The largest absolute Gasteiger partial charge is 1.00 e. The van der Waals surface area contributed by atoms with E-state index in [1.165, 1.54) is 4.40 Å². The van der Waals surface area contributed by atoms with Crippen LogP contribution in [0.25, 0.3) is 5.65 Å². The number of hydrogen-bond acceptors (Lipinski definition) is 4. The van der Waals surface area contributed by atoms with Crippen molar-refractivity contribution in [3.8, 4) is 5.75 Å². The second kappa shape index (κ2) is 5.73. The number of methoxy groups -OCH3 is 1. The number of nitrogens with zero attached hydrogens (tertiary/aromatic N) is 2. The molecule has 0 saturated carbocycles. The predicted molar refractivity (Wildman–Crippen MR) is 60.2 cm³/mol. The molecule has 2 aromatic rings. The van der Waals surface area contributed by atoms with E-state index in [9.17, 15) is 9.90 Å². The van der Waals surface area contributed by atoms with E-state index in [0.29, 0.717) is 23.5 Å². The van der Waals surface area contributed by atoms with Crippen molar-refractivity contribution in [2.75, 3.05) is 7.11 Å². The molecule has 0 aliphatic carbocycles. The quantitative estimate of drug-likeness (QED) is 0.573. The minimum atomic E-state index is -1.21. The van der Waals surface area contributed by atoms with Gasteiger partial charge < -0.3 is 14.6 Å². The molecule has 0 amide bonds. The summed E-state index contributed by atoms with van der Waals surface area (Å²) in [6.45, 7) is 3.71. The third kappa shape index (κ3) is 2.39. The minimum absolute atomic E-state index is 0. The molecule has 0 fully saturated rings. The van der Waals surface area contributed by atoms with Crippen molar-refractivity contribution in [2.45, 2.75) is 20.3 Å². The van der Waals surface area contributed by atoms with E-state index in [2.05, 4.69) is 4.98 Å². The fourth-order valence-corrected chi connectivity index (χ4v) is 1.90. The monoisotopic (exact) mass is 256 g/mol. The van der Waals surface area contributed by atoms with Crippen LogP contribution in [0.5, 0.6) is 5.75 Å². The summed E-state index contributed by atoms with van der Waals surface area (Å²) in [7, 11) is 1.57. The van der Waals surface area contributed by atoms with Gasteiger partial charge in [0.05, 0.1) is 24.5 Å². The Hall–Kier alpha value is -1.04. The molecule has 18 heavy (non-hydrogen) atoms. The van der Waals surface area contributed by atoms with Gasteiger partial charge in [-0.25, -0.2) is 4.98 Å². The number of fused-ring (bicyclic) bond motifs is 1. The van der Waals surface area contributed by atoms with Gasteiger partial charge in [0.2, 0.25) is 0 Å². The van der Waals surface area contributed by atoms with Crippen LogP contribution in [-0.4, -0.2) is 22.5 Å². The van der Waals surface area contributed by atoms with Crippen molar-refractivity contribution in [1.29, 1.82) is 0 Å². The molecule has 2 heterocycles. The zero-order chi connectivity index (χ0) is 12.6. The molecule has 0 unspecified atom stereocenters. The molecule has 0 saturated heterocycles. The summed E-state index contributed by atoms with van der Waals surface area (Å²) in [4.78, 5) is 15.4. The van der Waals surface area contributed by atoms with Gasteiger partial charge in [-0.2, -0.15) is 0 Å². The molecule has 0 aromatic carbocycles. The van der Waals surface area contributed by atoms with Crippen LogP contribution in [0.4, 0.5) is 0 Å². The predicted octanol–water partition coefficient (Wildman–Crippen LogP) is -2.42. The Morgan fingerprint density at radius 2 is 2.22 bits per heavy atom. The Bertz CT molecular complexity index is 593. The van der Waals surface area contributed by atoms with Gasteiger partial charge in [-0.05, 0) is 13.3 Å². The molecule has 5 nitrogen and oxygen atoms in total. The third-order valence-electron chi connectivity index (χ3n) is 2.73. The number of rotatable bonds is 3. The topological polar surface area (TPSA) is 66.7 Å². The average molecular weight is 256 g/mol. The number of ether oxygens (including phenoxy) is 1. The van der Waals surface area contributed by atoms with E-state index in [0.717, 1.165) is 5.56 Å². The van der Waals surface area contributed by atoms with Crippen molar-refractivity contribution in [1.82, 2.24) is 9.38 Å². The number of carboxylic acid groups (broad SMARTS) is 1. The standard InChI is InChI=1S/C12H14N2O3.Na/c1-4-8-11(12(15)16)14-6-7(2)9(17-3)5-10(14)13-8;/h5-6H,4H2,1-3H3,(H,15,16);/q;+1/p-1. The summed E-state index contributed by atoms with van der Waals surface area (Å²) in [5.74, 6) is -0.519. The molecule has 0 bridgehead atoms. The van der Waals surface area contributed by atoms with Crippen LogP contribution in [0.1, 0.15) is 28.7 Å². The van der Waals surface area contributed by atoms with E-state index >= 15 is 0 Å². The Kier molecular flexibility index (Phi) is 4.78. The normalized spacial score (nSPS) is 10.2. The molecule has 0 atom stereocenters. The van der Waals surface area contributed by atoms with Gasteiger partial charge in [0.1, 0.15) is 11.4 Å². The molecule has 0 spiro atoms. The number of aromatic carboxylic acids is 1. The van der Waals surface area contributed by atoms with Gasteiger partial charge in [0, 0.05) is 17.8 Å². The van der Waals surface area contributed by atoms with Crippen LogP contribution >= 0.6 is 0 Å². The molecular weight excluding hydrogens is 243 g/mol. The number of aromatic nitrogens is 2. The third-order valence-corrected chi connectivity index (χ3v) is 2.73. The van der Waals surface area contributed by atoms with E-state index in [1.807, 2.05) is 13.8 Å². The van der Waals surface area contributed by atoms with Crippen molar-refractivity contribution >= 4 is 11.6 Å². The molecule has 6 heteroatoms. The molecular formula is C12H13N2NaO3. The van der Waals surface area contributed by atoms with Crippen LogP contribution in [0, 0.1) is 6.92 Å². The number of carbonyl (C=O) groups is 1. The molecule has 0 aliphatic heterocycles. The number of pyridine rings is 1. The molecule has 90 valence electrons. The summed E-state index contributed by atoms with van der Waals surface area (Å²) in [6.07, 6.45) is 2.25. The maximum Gasteiger partial charge on any atom is 1.00 e. The fourth-order valence-electron chi connectivity index (χ4n) is 1.90. The summed E-state index contributed by atoms with van der Waals surface area (Å²) < 4.78 is 6.71. The number of imidazole rings is 1. The van der Waals surface area contributed by atoms with Crippen LogP contribution < -0.4 is 39.4 Å². The summed E-state index contributed by atoms with van der Waals surface area (Å²) in [5, 5.41) is 11.1. The zero-order valence-electron chi connectivity index (χ0n) is 11.0. The van der Waals surface area contributed by atoms with Crippen LogP contribution in [0.2, 0.25) is 0 Å². The molecule has 0 N–H and O–H groups in total. The first-order valence-electron chi connectivity index (χ1n) is 5.35. The summed E-state index contributed by atoms with van der Waals surface area (Å²) in [5.41, 5.74) is 2.05. The minimum Gasteiger partial charge on any atom is -0.543 e. The van der Waals surface area contributed by atoms with Crippen molar-refractivity contribution in [3.05, 3.63) is 29.2 Å². The summed E-state index contributed by atoms with van der Waals surface area (Å²) >= 11 is 0. The molecule has 2 rings (SSSR count). The van der Waals surface area contributed by atoms with Gasteiger partial charge >= 0.3 is 29.6 Å². The van der Waals surface area contributed by atoms with Gasteiger partial charge in [-0.15, -0.1) is 0 Å². The van der Waals surface area contributed by atoms with E-state index in [-0.39, 0.29) is 35.3 Å². The van der Waals surface area contributed by atoms with Crippen molar-refractivity contribution in [2.24, 2.45) is 0 Å². The van der Waals surface area contributed by atoms with Crippen LogP contribution in [0.15, 0.2) is 12.3 Å². The zero-order valence-corrected chi connectivity index (χ0v) is 13.0. The molecule has 0 aliphatic rings. The Balaban J connectivity index is 0.00000162. The second-order valence-corrected chi connectivity index (χ2v) is 3.80.